The maximum Gasteiger partial charge on any atom is 0.192 e. The first kappa shape index (κ1) is 8.30. The second kappa shape index (κ2) is 2.87. The van der Waals surface area contributed by atoms with E-state index in [1.807, 2.05) is 6.92 Å². The van der Waals surface area contributed by atoms with Crippen molar-refractivity contribution in [3.05, 3.63) is 29.2 Å². The number of hydrogen-bond donors (Lipinski definition) is 0. The second-order valence-electron chi connectivity index (χ2n) is 3.33. The summed E-state index contributed by atoms with van der Waals surface area (Å²) >= 11 is 0. The highest BCUT2D eigenvalue weighted by atomic mass is 16.3. The van der Waals surface area contributed by atoms with Gasteiger partial charge in [0, 0.05) is 6.92 Å². The summed E-state index contributed by atoms with van der Waals surface area (Å²) in [6.07, 6.45) is 1.05. The minimum absolute atomic E-state index is 0.739. The van der Waals surface area contributed by atoms with Gasteiger partial charge in [0.2, 0.25) is 0 Å². The van der Waals surface area contributed by atoms with E-state index in [-0.39, 0.29) is 0 Å². The van der Waals surface area contributed by atoms with E-state index < -0.39 is 0 Å². The Bertz CT molecular complexity index is 443. The Morgan fingerprint density at radius 2 is 2.08 bits per heavy atom. The zero-order chi connectivity index (χ0) is 9.42. The van der Waals surface area contributed by atoms with Crippen LogP contribution in [0.15, 0.2) is 16.5 Å². The van der Waals surface area contributed by atoms with Crippen LogP contribution in [0.4, 0.5) is 0 Å². The van der Waals surface area contributed by atoms with Crippen molar-refractivity contribution in [1.29, 1.82) is 0 Å². The summed E-state index contributed by atoms with van der Waals surface area (Å²) < 4.78 is 5.44. The van der Waals surface area contributed by atoms with Gasteiger partial charge in [-0.15, -0.1) is 0 Å². The molecule has 0 aliphatic rings. The zero-order valence-corrected chi connectivity index (χ0v) is 8.22. The van der Waals surface area contributed by atoms with Crippen LogP contribution in [0.3, 0.4) is 0 Å². The number of nitrogens with zero attached hydrogens (tertiary/aromatic N) is 1. The number of rotatable bonds is 1. The third kappa shape index (κ3) is 1.32. The van der Waals surface area contributed by atoms with E-state index in [4.69, 9.17) is 4.42 Å². The number of benzene rings is 1. The van der Waals surface area contributed by atoms with Crippen LogP contribution >= 0.6 is 0 Å². The van der Waals surface area contributed by atoms with Crippen LogP contribution in [-0.4, -0.2) is 4.98 Å². The minimum atomic E-state index is 0.739. The maximum absolute atomic E-state index is 5.44. The van der Waals surface area contributed by atoms with Crippen LogP contribution in [0.2, 0.25) is 0 Å². The van der Waals surface area contributed by atoms with Crippen LogP contribution in [-0.2, 0) is 6.42 Å². The van der Waals surface area contributed by atoms with Crippen molar-refractivity contribution in [2.24, 2.45) is 0 Å². The number of hydrogen-bond acceptors (Lipinski definition) is 2. The highest BCUT2D eigenvalue weighted by molar-refractivity contribution is 5.74. The average molecular weight is 175 g/mol. The topological polar surface area (TPSA) is 26.0 Å². The maximum atomic E-state index is 5.44. The van der Waals surface area contributed by atoms with Gasteiger partial charge in [-0.2, -0.15) is 0 Å². The van der Waals surface area contributed by atoms with E-state index in [0.29, 0.717) is 0 Å². The summed E-state index contributed by atoms with van der Waals surface area (Å²) in [5.41, 5.74) is 4.50. The zero-order valence-electron chi connectivity index (χ0n) is 8.22. The van der Waals surface area contributed by atoms with Crippen LogP contribution < -0.4 is 0 Å². The highest BCUT2D eigenvalue weighted by Gasteiger charge is 2.04. The quantitative estimate of drug-likeness (QED) is 0.665. The normalized spacial score (nSPS) is 11.0. The van der Waals surface area contributed by atoms with E-state index in [1.165, 1.54) is 11.1 Å². The molecule has 0 fully saturated rings. The molecule has 0 radical (unpaired) electrons. The molecule has 13 heavy (non-hydrogen) atoms. The Morgan fingerprint density at radius 3 is 2.77 bits per heavy atom. The molecule has 0 aliphatic carbocycles. The predicted molar refractivity (Wildman–Crippen MR) is 52.9 cm³/mol. The molecule has 0 N–H and O–H groups in total. The molecule has 2 aromatic rings. The lowest BCUT2D eigenvalue weighted by Crippen LogP contribution is -1.85. The predicted octanol–water partition coefficient (Wildman–Crippen LogP) is 3.01. The largest absolute Gasteiger partial charge is 0.441 e. The van der Waals surface area contributed by atoms with Gasteiger partial charge >= 0.3 is 0 Å². The fraction of sp³-hybridized carbons (Fsp3) is 0.364. The highest BCUT2D eigenvalue weighted by Crippen LogP contribution is 2.20. The molecule has 0 unspecified atom stereocenters. The molecule has 0 aliphatic heterocycles. The Labute approximate surface area is 77.6 Å². The van der Waals surface area contributed by atoms with Crippen molar-refractivity contribution < 1.29 is 4.42 Å². The molecule has 1 heterocycles. The van der Waals surface area contributed by atoms with Gasteiger partial charge in [-0.3, -0.25) is 0 Å². The van der Waals surface area contributed by atoms with Gasteiger partial charge in [-0.05, 0) is 36.6 Å². The molecule has 1 aromatic heterocycles. The first-order chi connectivity index (χ1) is 6.20. The van der Waals surface area contributed by atoms with Crippen LogP contribution in [0.25, 0.3) is 11.1 Å². The smallest absolute Gasteiger partial charge is 0.192 e. The van der Waals surface area contributed by atoms with Gasteiger partial charge in [0.1, 0.15) is 5.52 Å². The lowest BCUT2D eigenvalue weighted by molar-refractivity contribution is 0.561. The molecule has 0 spiro atoms. The summed E-state index contributed by atoms with van der Waals surface area (Å²) in [5.74, 6) is 0.739. The van der Waals surface area contributed by atoms with Crippen molar-refractivity contribution in [3.63, 3.8) is 0 Å². The van der Waals surface area contributed by atoms with Crippen LogP contribution in [0.5, 0.6) is 0 Å². The third-order valence-electron chi connectivity index (χ3n) is 2.33. The average Bonchev–Trinajstić information content (AvgIpc) is 2.42. The molecule has 0 atom stereocenters. The molecular formula is C11H13NO. The van der Waals surface area contributed by atoms with Crippen molar-refractivity contribution in [2.45, 2.75) is 27.2 Å². The molecular weight excluding hydrogens is 162 g/mol. The van der Waals surface area contributed by atoms with Gasteiger partial charge in [-0.25, -0.2) is 4.98 Å². The van der Waals surface area contributed by atoms with Gasteiger partial charge in [0.05, 0.1) is 0 Å². The van der Waals surface area contributed by atoms with Crippen molar-refractivity contribution in [3.8, 4) is 0 Å². The Kier molecular flexibility index (Phi) is 1.83. The van der Waals surface area contributed by atoms with E-state index in [1.54, 1.807) is 0 Å². The Morgan fingerprint density at radius 1 is 1.31 bits per heavy atom. The third-order valence-corrected chi connectivity index (χ3v) is 2.33. The van der Waals surface area contributed by atoms with E-state index in [9.17, 15) is 0 Å². The number of aryl methyl sites for hydroxylation is 3. The Balaban J connectivity index is 2.72. The van der Waals surface area contributed by atoms with Crippen molar-refractivity contribution in [1.82, 2.24) is 4.98 Å². The molecule has 68 valence electrons. The fourth-order valence-corrected chi connectivity index (χ4v) is 1.61. The molecule has 0 saturated carbocycles. The molecule has 0 bridgehead atoms. The standard InChI is InChI=1S/C11H13NO/c1-4-9-6-10-11(5-7(9)2)13-8(3)12-10/h5-6H,4H2,1-3H3. The van der Waals surface area contributed by atoms with Crippen molar-refractivity contribution >= 4 is 11.1 Å². The monoisotopic (exact) mass is 175 g/mol. The number of fused-ring (bicyclic) bond motifs is 1. The van der Waals surface area contributed by atoms with Gasteiger partial charge in [0.25, 0.3) is 0 Å². The van der Waals surface area contributed by atoms with Gasteiger partial charge in [-0.1, -0.05) is 6.92 Å². The SMILES string of the molecule is CCc1cc2nc(C)oc2cc1C. The number of oxazole rings is 1. The fourth-order valence-electron chi connectivity index (χ4n) is 1.61. The summed E-state index contributed by atoms with van der Waals surface area (Å²) in [6, 6.07) is 4.18. The van der Waals surface area contributed by atoms with E-state index in [2.05, 4.69) is 31.0 Å². The first-order valence-corrected chi connectivity index (χ1v) is 4.57. The molecule has 1 aromatic carbocycles. The summed E-state index contributed by atoms with van der Waals surface area (Å²) in [4.78, 5) is 4.30. The minimum Gasteiger partial charge on any atom is -0.441 e. The van der Waals surface area contributed by atoms with Gasteiger partial charge < -0.3 is 4.42 Å². The lowest BCUT2D eigenvalue weighted by Gasteiger charge is -2.00. The van der Waals surface area contributed by atoms with Crippen LogP contribution in [0, 0.1) is 13.8 Å². The summed E-state index contributed by atoms with van der Waals surface area (Å²) in [7, 11) is 0. The molecule has 2 heteroatoms. The lowest BCUT2D eigenvalue weighted by atomic mass is 10.1. The van der Waals surface area contributed by atoms with E-state index in [0.717, 1.165) is 23.4 Å². The summed E-state index contributed by atoms with van der Waals surface area (Å²) in [5, 5.41) is 0. The molecule has 0 saturated heterocycles. The van der Waals surface area contributed by atoms with Crippen molar-refractivity contribution in [2.75, 3.05) is 0 Å². The Hall–Kier alpha value is -1.31. The summed E-state index contributed by atoms with van der Waals surface area (Å²) in [6.45, 7) is 6.14. The van der Waals surface area contributed by atoms with Gasteiger partial charge in [0.15, 0.2) is 11.5 Å². The molecule has 2 rings (SSSR count). The second-order valence-corrected chi connectivity index (χ2v) is 3.33. The first-order valence-electron chi connectivity index (χ1n) is 4.57. The molecule has 2 nitrogen and oxygen atoms in total. The number of aromatic nitrogens is 1. The van der Waals surface area contributed by atoms with E-state index >= 15 is 0 Å². The molecule has 0 amide bonds. The van der Waals surface area contributed by atoms with Crippen LogP contribution in [0.1, 0.15) is 23.9 Å².